The molecule has 1 spiro atoms. The van der Waals surface area contributed by atoms with E-state index in [1.54, 1.807) is 4.90 Å². The molecule has 55 heavy (non-hydrogen) atoms. The summed E-state index contributed by atoms with van der Waals surface area (Å²) in [7, 11) is 0. The number of rotatable bonds is 8. The minimum absolute atomic E-state index is 0.141. The Morgan fingerprint density at radius 2 is 1.82 bits per heavy atom. The van der Waals surface area contributed by atoms with Crippen LogP contribution >= 0.6 is 0 Å². The van der Waals surface area contributed by atoms with Crippen LogP contribution in [0.4, 0.5) is 5.69 Å². The van der Waals surface area contributed by atoms with Gasteiger partial charge in [0, 0.05) is 55.5 Å². The number of piperidine rings is 2. The summed E-state index contributed by atoms with van der Waals surface area (Å²) < 4.78 is 5.54. The molecule has 5 fully saturated rings. The number of nitrogens with zero attached hydrogens (tertiary/aromatic N) is 5. The summed E-state index contributed by atoms with van der Waals surface area (Å²) in [6.07, 6.45) is 4.57. The standard InChI is InChI=1S/C44H45N7O4/c1-25-4-5-29(40-26(2)48-55-27(40)3)19-30(25)21-49-23-38(46-34-9-7-32(8-10-34)43(24-45)15-16-43)44(49)33-14-17-51(44)37(20-33)28-6-11-35-31(18-28)22-50(42(35)54)36-12-13-39(52)47-41(36)53/h4-11,18-19,33,36-38,46H,12-17,20-23H2,1-3H3,(H,47,52,53). The van der Waals surface area contributed by atoms with Gasteiger partial charge in [0.05, 0.1) is 28.9 Å². The maximum absolute atomic E-state index is 13.5. The average Bonchev–Trinajstić information content (AvgIpc) is 3.40. The molecule has 6 atom stereocenters. The van der Waals surface area contributed by atoms with Crippen molar-refractivity contribution in [1.29, 1.82) is 5.26 Å². The lowest BCUT2D eigenvalue weighted by molar-refractivity contribution is -0.136. The van der Waals surface area contributed by atoms with Crippen molar-refractivity contribution in [2.24, 2.45) is 5.92 Å². The second kappa shape index (κ2) is 12.4. The van der Waals surface area contributed by atoms with Gasteiger partial charge in [-0.3, -0.25) is 29.5 Å². The van der Waals surface area contributed by atoms with Gasteiger partial charge in [-0.2, -0.15) is 5.26 Å². The van der Waals surface area contributed by atoms with Crippen molar-refractivity contribution in [3.63, 3.8) is 0 Å². The number of hydrogen-bond acceptors (Lipinski definition) is 9. The van der Waals surface area contributed by atoms with E-state index in [4.69, 9.17) is 4.52 Å². The number of carbonyl (C=O) groups excluding carboxylic acids is 3. The molecule has 3 aromatic carbocycles. The molecule has 280 valence electrons. The molecule has 6 heterocycles. The maximum atomic E-state index is 13.5. The highest BCUT2D eigenvalue weighted by molar-refractivity contribution is 6.05. The fourth-order valence-corrected chi connectivity index (χ4v) is 10.8. The molecule has 11 heteroatoms. The smallest absolute Gasteiger partial charge is 0.255 e. The fourth-order valence-electron chi connectivity index (χ4n) is 10.8. The molecular weight excluding hydrogens is 691 g/mol. The predicted octanol–water partition coefficient (Wildman–Crippen LogP) is 6.04. The predicted molar refractivity (Wildman–Crippen MR) is 204 cm³/mol. The minimum atomic E-state index is -0.630. The van der Waals surface area contributed by atoms with E-state index >= 15 is 0 Å². The van der Waals surface area contributed by atoms with Gasteiger partial charge in [0.2, 0.25) is 11.8 Å². The highest BCUT2D eigenvalue weighted by atomic mass is 16.5. The molecule has 0 radical (unpaired) electrons. The Morgan fingerprint density at radius 1 is 1.00 bits per heavy atom. The van der Waals surface area contributed by atoms with Crippen LogP contribution in [0.1, 0.15) is 94.2 Å². The Labute approximate surface area is 320 Å². The van der Waals surface area contributed by atoms with Crippen LogP contribution in [-0.4, -0.2) is 68.4 Å². The lowest BCUT2D eigenvalue weighted by Gasteiger charge is -2.61. The van der Waals surface area contributed by atoms with E-state index < -0.39 is 6.04 Å². The summed E-state index contributed by atoms with van der Waals surface area (Å²) in [4.78, 5) is 45.2. The molecule has 2 bridgehead atoms. The van der Waals surface area contributed by atoms with E-state index in [1.165, 1.54) is 16.7 Å². The van der Waals surface area contributed by atoms with Gasteiger partial charge in [-0.1, -0.05) is 41.6 Å². The SMILES string of the molecule is Cc1ccc(-c2c(C)noc2C)cc1CN1CC(Nc2ccc(C3(C#N)CC3)cc2)C12C1CCN2C(c2ccc3c(c2)CN(C2CCC(=O)NC2=O)C3=O)C1. The van der Waals surface area contributed by atoms with Gasteiger partial charge in [0.1, 0.15) is 11.8 Å². The number of likely N-dealkylation sites (tertiary alicyclic amines) is 1. The number of amides is 3. The zero-order valence-corrected chi connectivity index (χ0v) is 31.5. The molecule has 1 saturated carbocycles. The molecule has 1 aliphatic carbocycles. The van der Waals surface area contributed by atoms with E-state index in [1.807, 2.05) is 19.9 Å². The average molecular weight is 736 g/mol. The highest BCUT2D eigenvalue weighted by Crippen LogP contribution is 2.60. The minimum Gasteiger partial charge on any atom is -0.378 e. The normalized spacial score (nSPS) is 28.9. The number of nitriles is 1. The Bertz CT molecular complexity index is 2300. The fraction of sp³-hybridized carbons (Fsp3) is 0.432. The van der Waals surface area contributed by atoms with Crippen molar-refractivity contribution in [2.75, 3.05) is 18.4 Å². The maximum Gasteiger partial charge on any atom is 0.255 e. The molecular formula is C44H45N7O4. The number of anilines is 1. The summed E-state index contributed by atoms with van der Waals surface area (Å²) in [5, 5.41) is 20.4. The van der Waals surface area contributed by atoms with Gasteiger partial charge in [-0.25, -0.2) is 0 Å². The second-order valence-corrected chi connectivity index (χ2v) is 16.7. The number of hydrogen-bond donors (Lipinski definition) is 2. The van der Waals surface area contributed by atoms with Crippen LogP contribution in [0.15, 0.2) is 65.2 Å². The number of fused-ring (bicyclic) bond motifs is 1. The van der Waals surface area contributed by atoms with E-state index in [2.05, 4.69) is 93.2 Å². The van der Waals surface area contributed by atoms with Crippen molar-refractivity contribution >= 4 is 23.4 Å². The molecule has 5 aliphatic heterocycles. The van der Waals surface area contributed by atoms with Crippen LogP contribution in [0.5, 0.6) is 0 Å². The van der Waals surface area contributed by atoms with Crippen LogP contribution in [0.25, 0.3) is 11.1 Å². The van der Waals surface area contributed by atoms with Crippen LogP contribution in [0.3, 0.4) is 0 Å². The molecule has 1 aromatic heterocycles. The molecule has 4 saturated heterocycles. The Balaban J connectivity index is 0.964. The second-order valence-electron chi connectivity index (χ2n) is 16.7. The lowest BCUT2D eigenvalue weighted by Crippen LogP contribution is -2.77. The highest BCUT2D eigenvalue weighted by Gasteiger charge is 2.69. The first kappa shape index (κ1) is 34.2. The lowest BCUT2D eigenvalue weighted by atomic mass is 9.77. The first-order valence-electron chi connectivity index (χ1n) is 19.7. The van der Waals surface area contributed by atoms with E-state index in [-0.39, 0.29) is 47.3 Å². The van der Waals surface area contributed by atoms with Gasteiger partial charge in [0.15, 0.2) is 0 Å². The van der Waals surface area contributed by atoms with Crippen molar-refractivity contribution in [3.05, 3.63) is 105 Å². The first-order chi connectivity index (χ1) is 26.6. The molecule has 11 nitrogen and oxygen atoms in total. The molecule has 6 aliphatic rings. The number of carbonyl (C=O) groups is 3. The number of imide groups is 1. The summed E-state index contributed by atoms with van der Waals surface area (Å²) in [5.41, 5.74) is 10.1. The third-order valence-electron chi connectivity index (χ3n) is 13.8. The van der Waals surface area contributed by atoms with Crippen LogP contribution < -0.4 is 10.6 Å². The van der Waals surface area contributed by atoms with E-state index in [0.29, 0.717) is 24.4 Å². The van der Waals surface area contributed by atoms with Gasteiger partial charge in [-0.05, 0) is 116 Å². The van der Waals surface area contributed by atoms with Gasteiger partial charge >= 0.3 is 0 Å². The topological polar surface area (TPSA) is 135 Å². The van der Waals surface area contributed by atoms with Crippen molar-refractivity contribution in [2.45, 2.75) is 102 Å². The summed E-state index contributed by atoms with van der Waals surface area (Å²) >= 11 is 0. The third-order valence-corrected chi connectivity index (χ3v) is 13.8. The number of aryl methyl sites for hydroxylation is 3. The van der Waals surface area contributed by atoms with Crippen molar-refractivity contribution < 1.29 is 18.9 Å². The zero-order valence-electron chi connectivity index (χ0n) is 31.5. The zero-order chi connectivity index (χ0) is 37.8. The van der Waals surface area contributed by atoms with Crippen molar-refractivity contribution in [1.82, 2.24) is 25.2 Å². The molecule has 10 rings (SSSR count). The summed E-state index contributed by atoms with van der Waals surface area (Å²) in [5.74, 6) is 0.442. The van der Waals surface area contributed by atoms with E-state index in [9.17, 15) is 19.6 Å². The number of nitrogens with one attached hydrogen (secondary N) is 2. The molecule has 2 N–H and O–H groups in total. The quantitative estimate of drug-likeness (QED) is 0.208. The Hall–Kier alpha value is -5.31. The van der Waals surface area contributed by atoms with Crippen LogP contribution in [0.2, 0.25) is 0 Å². The molecule has 3 amide bonds. The largest absolute Gasteiger partial charge is 0.378 e. The van der Waals surface area contributed by atoms with Crippen LogP contribution in [-0.2, 0) is 28.1 Å². The van der Waals surface area contributed by atoms with Gasteiger partial charge in [-0.15, -0.1) is 0 Å². The number of benzene rings is 3. The van der Waals surface area contributed by atoms with Crippen LogP contribution in [0, 0.1) is 38.0 Å². The summed E-state index contributed by atoms with van der Waals surface area (Å²) in [6, 6.07) is 23.8. The van der Waals surface area contributed by atoms with Crippen molar-refractivity contribution in [3.8, 4) is 17.2 Å². The third kappa shape index (κ3) is 5.14. The van der Waals surface area contributed by atoms with Gasteiger partial charge in [0.25, 0.3) is 5.91 Å². The first-order valence-corrected chi connectivity index (χ1v) is 19.7. The summed E-state index contributed by atoms with van der Waals surface area (Å²) in [6.45, 7) is 9.20. The Kier molecular flexibility index (Phi) is 7.68. The molecule has 4 aromatic rings. The van der Waals surface area contributed by atoms with E-state index in [0.717, 1.165) is 84.7 Å². The van der Waals surface area contributed by atoms with Gasteiger partial charge < -0.3 is 14.7 Å². The number of aromatic nitrogens is 1. The molecule has 6 unspecified atom stereocenters. The Morgan fingerprint density at radius 3 is 2.55 bits per heavy atom. The monoisotopic (exact) mass is 735 g/mol.